The van der Waals surface area contributed by atoms with Crippen molar-refractivity contribution in [3.63, 3.8) is 0 Å². The Labute approximate surface area is 104 Å². The van der Waals surface area contributed by atoms with Crippen LogP contribution in [0.4, 0.5) is 0 Å². The molecule has 0 heterocycles. The van der Waals surface area contributed by atoms with Gasteiger partial charge in [-0.3, -0.25) is 0 Å². The predicted octanol–water partition coefficient (Wildman–Crippen LogP) is 3.68. The molecule has 0 aromatic heterocycles. The van der Waals surface area contributed by atoms with Crippen LogP contribution in [-0.2, 0) is 0 Å². The van der Waals surface area contributed by atoms with Crippen LogP contribution in [0.3, 0.4) is 0 Å². The van der Waals surface area contributed by atoms with E-state index in [1.165, 1.54) is 0 Å². The molecule has 0 aliphatic carbocycles. The molecule has 0 spiro atoms. The Morgan fingerprint density at radius 3 is 2.38 bits per heavy atom. The van der Waals surface area contributed by atoms with Crippen LogP contribution in [0.25, 0.3) is 5.03 Å². The molecule has 0 amide bonds. The summed E-state index contributed by atoms with van der Waals surface area (Å²) >= 11 is 11.7. The van der Waals surface area contributed by atoms with Crippen molar-refractivity contribution in [2.45, 2.75) is 11.8 Å². The maximum Gasteiger partial charge on any atom is 0.125 e. The normalized spacial score (nSPS) is 13.2. The first-order valence-electron chi connectivity index (χ1n) is 4.57. The van der Waals surface area contributed by atoms with E-state index in [-0.39, 0.29) is 6.42 Å². The van der Waals surface area contributed by atoms with E-state index in [9.17, 15) is 0 Å². The third-order valence-corrected chi connectivity index (χ3v) is 2.65. The minimum atomic E-state index is -0.730. The van der Waals surface area contributed by atoms with Gasteiger partial charge in [0.1, 0.15) is 5.38 Å². The van der Waals surface area contributed by atoms with Gasteiger partial charge in [0.15, 0.2) is 0 Å². The van der Waals surface area contributed by atoms with Crippen molar-refractivity contribution < 1.29 is 0 Å². The molecular weight excluding hydrogens is 243 g/mol. The minimum Gasteiger partial charge on any atom is -0.197 e. The van der Waals surface area contributed by atoms with Crippen LogP contribution >= 0.6 is 23.2 Å². The van der Waals surface area contributed by atoms with E-state index in [4.69, 9.17) is 33.7 Å². The lowest BCUT2D eigenvalue weighted by Gasteiger charge is -2.04. The predicted molar refractivity (Wildman–Crippen MR) is 64.7 cm³/mol. The highest BCUT2D eigenvalue weighted by Gasteiger charge is 2.11. The monoisotopic (exact) mass is 250 g/mol. The van der Waals surface area contributed by atoms with Crippen LogP contribution < -0.4 is 0 Å². The standard InChI is InChI=1S/C12H8Cl2N2/c13-11(8-16)6-10(7-15)12(14)9-4-2-1-3-5-9/h1-5,11H,6H2/b12-10-. The van der Waals surface area contributed by atoms with Gasteiger partial charge in [-0.25, -0.2) is 0 Å². The first-order valence-corrected chi connectivity index (χ1v) is 5.38. The zero-order valence-corrected chi connectivity index (χ0v) is 9.83. The summed E-state index contributed by atoms with van der Waals surface area (Å²) in [5.74, 6) is 0. The second-order valence-electron chi connectivity index (χ2n) is 3.07. The minimum absolute atomic E-state index is 0.155. The zero-order chi connectivity index (χ0) is 12.0. The molecule has 0 N–H and O–H groups in total. The Bertz CT molecular complexity index is 466. The molecule has 80 valence electrons. The van der Waals surface area contributed by atoms with Gasteiger partial charge in [0.2, 0.25) is 0 Å². The van der Waals surface area contributed by atoms with Crippen molar-refractivity contribution in [2.24, 2.45) is 0 Å². The fraction of sp³-hybridized carbons (Fsp3) is 0.167. The molecule has 0 aliphatic rings. The number of halogens is 2. The molecule has 4 heteroatoms. The molecule has 0 saturated carbocycles. The summed E-state index contributed by atoms with van der Waals surface area (Å²) in [5, 5.41) is 17.1. The molecule has 1 atom stereocenters. The van der Waals surface area contributed by atoms with Gasteiger partial charge in [-0.15, -0.1) is 11.6 Å². The van der Waals surface area contributed by atoms with Crippen molar-refractivity contribution in [2.75, 3.05) is 0 Å². The largest absolute Gasteiger partial charge is 0.197 e. The van der Waals surface area contributed by atoms with Crippen LogP contribution in [0.2, 0.25) is 0 Å². The second-order valence-corrected chi connectivity index (χ2v) is 3.98. The van der Waals surface area contributed by atoms with Gasteiger partial charge < -0.3 is 0 Å². The van der Waals surface area contributed by atoms with Crippen molar-refractivity contribution in [3.05, 3.63) is 41.5 Å². The lowest BCUT2D eigenvalue weighted by molar-refractivity contribution is 1.03. The van der Waals surface area contributed by atoms with E-state index in [0.29, 0.717) is 10.6 Å². The van der Waals surface area contributed by atoms with E-state index in [1.54, 1.807) is 12.1 Å². The molecule has 0 aliphatic heterocycles. The third kappa shape index (κ3) is 3.28. The van der Waals surface area contributed by atoms with Gasteiger partial charge in [0.05, 0.1) is 22.7 Å². The van der Waals surface area contributed by atoms with E-state index >= 15 is 0 Å². The first-order chi connectivity index (χ1) is 7.69. The molecular formula is C12H8Cl2N2. The van der Waals surface area contributed by atoms with Crippen molar-refractivity contribution in [3.8, 4) is 12.1 Å². The summed E-state index contributed by atoms with van der Waals surface area (Å²) in [5.41, 5.74) is 1.08. The maximum absolute atomic E-state index is 8.94. The molecule has 16 heavy (non-hydrogen) atoms. The fourth-order valence-electron chi connectivity index (χ4n) is 1.17. The van der Waals surface area contributed by atoms with Crippen LogP contribution in [0, 0.1) is 22.7 Å². The Kier molecular flexibility index (Phi) is 4.86. The first kappa shape index (κ1) is 12.6. The number of benzene rings is 1. The maximum atomic E-state index is 8.94. The van der Waals surface area contributed by atoms with Gasteiger partial charge in [-0.2, -0.15) is 10.5 Å². The van der Waals surface area contributed by atoms with E-state index < -0.39 is 5.38 Å². The van der Waals surface area contributed by atoms with Crippen LogP contribution in [0.15, 0.2) is 35.9 Å². The molecule has 0 bridgehead atoms. The number of hydrogen-bond donors (Lipinski definition) is 0. The number of hydrogen-bond acceptors (Lipinski definition) is 2. The SMILES string of the molecule is N#C/C(CC(Cl)C#N)=C(\Cl)c1ccccc1. The highest BCUT2D eigenvalue weighted by Crippen LogP contribution is 2.26. The molecule has 0 radical (unpaired) electrons. The van der Waals surface area contributed by atoms with Crippen molar-refractivity contribution >= 4 is 28.2 Å². The number of allylic oxidation sites excluding steroid dienone is 1. The van der Waals surface area contributed by atoms with Crippen molar-refractivity contribution in [1.82, 2.24) is 0 Å². The van der Waals surface area contributed by atoms with Gasteiger partial charge >= 0.3 is 0 Å². The number of rotatable bonds is 3. The molecule has 1 aromatic carbocycles. The molecule has 2 nitrogen and oxygen atoms in total. The quantitative estimate of drug-likeness (QED) is 0.607. The average molecular weight is 251 g/mol. The number of nitriles is 2. The Balaban J connectivity index is 3.03. The molecule has 0 saturated heterocycles. The van der Waals surface area contributed by atoms with E-state index in [1.807, 2.05) is 30.3 Å². The number of nitrogens with zero attached hydrogens (tertiary/aromatic N) is 2. The van der Waals surface area contributed by atoms with Crippen molar-refractivity contribution in [1.29, 1.82) is 10.5 Å². The van der Waals surface area contributed by atoms with Gasteiger partial charge in [-0.05, 0) is 5.56 Å². The lowest BCUT2D eigenvalue weighted by atomic mass is 10.1. The smallest absolute Gasteiger partial charge is 0.125 e. The Morgan fingerprint density at radius 1 is 1.25 bits per heavy atom. The lowest BCUT2D eigenvalue weighted by Crippen LogP contribution is -1.96. The second kappa shape index (κ2) is 6.18. The summed E-state index contributed by atoms with van der Waals surface area (Å²) in [6, 6.07) is 13.0. The summed E-state index contributed by atoms with van der Waals surface area (Å²) in [6.45, 7) is 0. The summed E-state index contributed by atoms with van der Waals surface area (Å²) in [7, 11) is 0. The summed E-state index contributed by atoms with van der Waals surface area (Å²) < 4.78 is 0. The van der Waals surface area contributed by atoms with E-state index in [2.05, 4.69) is 0 Å². The molecule has 0 fully saturated rings. The third-order valence-electron chi connectivity index (χ3n) is 1.95. The summed E-state index contributed by atoms with van der Waals surface area (Å²) in [6.07, 6.45) is 0.155. The van der Waals surface area contributed by atoms with E-state index in [0.717, 1.165) is 5.56 Å². The Morgan fingerprint density at radius 2 is 1.88 bits per heavy atom. The molecule has 1 aromatic rings. The highest BCUT2D eigenvalue weighted by atomic mass is 35.5. The van der Waals surface area contributed by atoms with Crippen LogP contribution in [0.1, 0.15) is 12.0 Å². The van der Waals surface area contributed by atoms with Gasteiger partial charge in [-0.1, -0.05) is 41.9 Å². The molecule has 1 rings (SSSR count). The van der Waals surface area contributed by atoms with Gasteiger partial charge in [0.25, 0.3) is 0 Å². The van der Waals surface area contributed by atoms with Gasteiger partial charge in [0, 0.05) is 6.42 Å². The average Bonchev–Trinajstić information content (AvgIpc) is 2.35. The van der Waals surface area contributed by atoms with Crippen LogP contribution in [-0.4, -0.2) is 5.38 Å². The topological polar surface area (TPSA) is 47.6 Å². The zero-order valence-electron chi connectivity index (χ0n) is 8.32. The fourth-order valence-corrected chi connectivity index (χ4v) is 1.57. The molecule has 1 unspecified atom stereocenters. The Hall–Kier alpha value is -1.48. The highest BCUT2D eigenvalue weighted by molar-refractivity contribution is 6.49. The van der Waals surface area contributed by atoms with Crippen LogP contribution in [0.5, 0.6) is 0 Å². The number of alkyl halides is 1. The summed E-state index contributed by atoms with van der Waals surface area (Å²) in [4.78, 5) is 0.